The van der Waals surface area contributed by atoms with Crippen molar-refractivity contribution >= 4 is 23.1 Å². The summed E-state index contributed by atoms with van der Waals surface area (Å²) in [5, 5.41) is 0.352. The third kappa shape index (κ3) is 2.24. The smallest absolute Gasteiger partial charge is 0.169 e. The fourth-order valence-electron chi connectivity index (χ4n) is 2.68. The standard InChI is InChI=1S/C14H19ClN2O/c1-4-10(5-2)17-7-6-12(18)13-11(17)8-9(3)16-14(13)15/h8,10H,4-7H2,1-3H3. The summed E-state index contributed by atoms with van der Waals surface area (Å²) in [5.74, 6) is 0.115. The number of aromatic nitrogens is 1. The van der Waals surface area contributed by atoms with Crippen molar-refractivity contribution in [2.45, 2.75) is 46.1 Å². The number of rotatable bonds is 3. The second-order valence-corrected chi connectivity index (χ2v) is 5.14. The zero-order chi connectivity index (χ0) is 13.3. The summed E-state index contributed by atoms with van der Waals surface area (Å²) in [6.07, 6.45) is 2.68. The number of anilines is 1. The summed E-state index contributed by atoms with van der Waals surface area (Å²) >= 11 is 6.14. The Labute approximate surface area is 113 Å². The summed E-state index contributed by atoms with van der Waals surface area (Å²) in [4.78, 5) is 18.5. The Morgan fingerprint density at radius 3 is 2.72 bits per heavy atom. The summed E-state index contributed by atoms with van der Waals surface area (Å²) in [6.45, 7) is 7.06. The number of hydrogen-bond acceptors (Lipinski definition) is 3. The number of fused-ring (bicyclic) bond motifs is 1. The predicted octanol–water partition coefficient (Wildman–Crippen LogP) is 3.62. The first-order valence-corrected chi connectivity index (χ1v) is 6.93. The van der Waals surface area contributed by atoms with Crippen LogP contribution in [0.25, 0.3) is 0 Å². The average Bonchev–Trinajstić information content (AvgIpc) is 2.32. The number of hydrogen-bond donors (Lipinski definition) is 0. The zero-order valence-electron chi connectivity index (χ0n) is 11.2. The van der Waals surface area contributed by atoms with E-state index in [0.717, 1.165) is 30.8 Å². The number of nitrogens with zero attached hydrogens (tertiary/aromatic N) is 2. The fourth-order valence-corrected chi connectivity index (χ4v) is 3.01. The van der Waals surface area contributed by atoms with E-state index in [0.29, 0.717) is 23.2 Å². The van der Waals surface area contributed by atoms with Gasteiger partial charge in [-0.25, -0.2) is 4.98 Å². The molecule has 1 aliphatic rings. The molecule has 0 amide bonds. The van der Waals surface area contributed by atoms with Gasteiger partial charge < -0.3 is 4.90 Å². The van der Waals surface area contributed by atoms with Crippen LogP contribution in [0.2, 0.25) is 5.15 Å². The molecule has 1 aromatic heterocycles. The lowest BCUT2D eigenvalue weighted by atomic mass is 9.98. The maximum atomic E-state index is 12.0. The molecule has 0 aliphatic carbocycles. The monoisotopic (exact) mass is 266 g/mol. The van der Waals surface area contributed by atoms with Crippen LogP contribution < -0.4 is 4.90 Å². The van der Waals surface area contributed by atoms with E-state index in [1.165, 1.54) is 0 Å². The molecular weight excluding hydrogens is 248 g/mol. The van der Waals surface area contributed by atoms with E-state index < -0.39 is 0 Å². The zero-order valence-corrected chi connectivity index (χ0v) is 11.9. The quantitative estimate of drug-likeness (QED) is 0.784. The van der Waals surface area contributed by atoms with E-state index in [1.54, 1.807) is 0 Å². The molecule has 0 saturated carbocycles. The van der Waals surface area contributed by atoms with Crippen LogP contribution in [0.1, 0.15) is 49.2 Å². The summed E-state index contributed by atoms with van der Waals surface area (Å²) < 4.78 is 0. The first kappa shape index (κ1) is 13.3. The minimum absolute atomic E-state index is 0.115. The highest BCUT2D eigenvalue weighted by atomic mass is 35.5. The van der Waals surface area contributed by atoms with Crippen molar-refractivity contribution in [3.05, 3.63) is 22.5 Å². The highest BCUT2D eigenvalue weighted by Crippen LogP contribution is 2.34. The van der Waals surface area contributed by atoms with Crippen molar-refractivity contribution in [1.29, 1.82) is 0 Å². The number of ketones is 1. The van der Waals surface area contributed by atoms with E-state index in [2.05, 4.69) is 23.7 Å². The maximum absolute atomic E-state index is 12.0. The minimum Gasteiger partial charge on any atom is -0.367 e. The molecule has 0 saturated heterocycles. The number of pyridine rings is 1. The highest BCUT2D eigenvalue weighted by molar-refractivity contribution is 6.33. The molecule has 0 unspecified atom stereocenters. The van der Waals surface area contributed by atoms with Gasteiger partial charge in [-0.3, -0.25) is 4.79 Å². The number of halogens is 1. The van der Waals surface area contributed by atoms with Crippen LogP contribution in [0.5, 0.6) is 0 Å². The van der Waals surface area contributed by atoms with Crippen LogP contribution in [-0.4, -0.2) is 23.4 Å². The van der Waals surface area contributed by atoms with Gasteiger partial charge in [0, 0.05) is 24.7 Å². The second-order valence-electron chi connectivity index (χ2n) is 4.79. The summed E-state index contributed by atoms with van der Waals surface area (Å²) in [6, 6.07) is 2.45. The molecule has 2 rings (SSSR count). The Bertz CT molecular complexity index is 469. The molecular formula is C14H19ClN2O. The van der Waals surface area contributed by atoms with Gasteiger partial charge in [-0.05, 0) is 25.8 Å². The Balaban J connectivity index is 2.52. The molecule has 0 fully saturated rings. The first-order chi connectivity index (χ1) is 8.58. The average molecular weight is 267 g/mol. The number of aryl methyl sites for hydroxylation is 1. The van der Waals surface area contributed by atoms with Crippen molar-refractivity contribution < 1.29 is 4.79 Å². The van der Waals surface area contributed by atoms with Gasteiger partial charge in [0.15, 0.2) is 5.78 Å². The van der Waals surface area contributed by atoms with E-state index >= 15 is 0 Å². The van der Waals surface area contributed by atoms with Crippen molar-refractivity contribution in [3.8, 4) is 0 Å². The van der Waals surface area contributed by atoms with Crippen molar-refractivity contribution in [3.63, 3.8) is 0 Å². The lowest BCUT2D eigenvalue weighted by molar-refractivity contribution is 0.0978. The Kier molecular flexibility index (Phi) is 3.91. The van der Waals surface area contributed by atoms with Gasteiger partial charge in [0.1, 0.15) is 5.15 Å². The normalized spacial score (nSPS) is 15.2. The fraction of sp³-hybridized carbons (Fsp3) is 0.571. The number of carbonyl (C=O) groups is 1. The molecule has 3 nitrogen and oxygen atoms in total. The molecule has 18 heavy (non-hydrogen) atoms. The Hall–Kier alpha value is -1.09. The largest absolute Gasteiger partial charge is 0.367 e. The van der Waals surface area contributed by atoms with Crippen LogP contribution in [0, 0.1) is 6.92 Å². The summed E-state index contributed by atoms with van der Waals surface area (Å²) in [5.41, 5.74) is 2.45. The molecule has 0 spiro atoms. The van der Waals surface area contributed by atoms with Gasteiger partial charge in [-0.2, -0.15) is 0 Å². The molecule has 1 aromatic rings. The Morgan fingerprint density at radius 1 is 1.44 bits per heavy atom. The first-order valence-electron chi connectivity index (χ1n) is 6.55. The lowest BCUT2D eigenvalue weighted by Gasteiger charge is -2.37. The van der Waals surface area contributed by atoms with Crippen LogP contribution in [-0.2, 0) is 0 Å². The van der Waals surface area contributed by atoms with Crippen molar-refractivity contribution in [1.82, 2.24) is 4.98 Å². The second kappa shape index (κ2) is 5.27. The highest BCUT2D eigenvalue weighted by Gasteiger charge is 2.29. The number of carbonyl (C=O) groups excluding carboxylic acids is 1. The van der Waals surface area contributed by atoms with E-state index in [9.17, 15) is 4.79 Å². The predicted molar refractivity (Wildman–Crippen MR) is 74.6 cm³/mol. The number of Topliss-reactive ketones (excluding diaryl/α,β-unsaturated/α-hetero) is 1. The van der Waals surface area contributed by atoms with Crippen LogP contribution in [0.15, 0.2) is 6.07 Å². The van der Waals surface area contributed by atoms with Crippen LogP contribution in [0.3, 0.4) is 0 Å². The van der Waals surface area contributed by atoms with Gasteiger partial charge >= 0.3 is 0 Å². The summed E-state index contributed by atoms with van der Waals surface area (Å²) in [7, 11) is 0. The van der Waals surface area contributed by atoms with Crippen molar-refractivity contribution in [2.75, 3.05) is 11.4 Å². The lowest BCUT2D eigenvalue weighted by Crippen LogP contribution is -2.40. The van der Waals surface area contributed by atoms with Gasteiger partial charge in [-0.1, -0.05) is 25.4 Å². The molecule has 98 valence electrons. The van der Waals surface area contributed by atoms with Crippen LogP contribution >= 0.6 is 11.6 Å². The third-order valence-electron chi connectivity index (χ3n) is 3.63. The van der Waals surface area contributed by atoms with Crippen LogP contribution in [0.4, 0.5) is 5.69 Å². The molecule has 2 heterocycles. The van der Waals surface area contributed by atoms with E-state index in [1.807, 2.05) is 13.0 Å². The van der Waals surface area contributed by atoms with E-state index in [4.69, 9.17) is 11.6 Å². The molecule has 0 aromatic carbocycles. The molecule has 0 atom stereocenters. The van der Waals surface area contributed by atoms with Gasteiger partial charge in [0.25, 0.3) is 0 Å². The third-order valence-corrected chi connectivity index (χ3v) is 3.91. The minimum atomic E-state index is 0.115. The van der Waals surface area contributed by atoms with Gasteiger partial charge in [-0.15, -0.1) is 0 Å². The molecule has 1 aliphatic heterocycles. The van der Waals surface area contributed by atoms with E-state index in [-0.39, 0.29) is 5.78 Å². The topological polar surface area (TPSA) is 33.2 Å². The van der Waals surface area contributed by atoms with Gasteiger partial charge in [0.05, 0.1) is 11.3 Å². The molecule has 0 N–H and O–H groups in total. The molecule has 0 radical (unpaired) electrons. The molecule has 0 bridgehead atoms. The maximum Gasteiger partial charge on any atom is 0.169 e. The Morgan fingerprint density at radius 2 is 2.11 bits per heavy atom. The molecule has 4 heteroatoms. The SMILES string of the molecule is CCC(CC)N1CCC(=O)c2c1cc(C)nc2Cl. The van der Waals surface area contributed by atoms with Crippen molar-refractivity contribution in [2.24, 2.45) is 0 Å². The van der Waals surface area contributed by atoms with Gasteiger partial charge in [0.2, 0.25) is 0 Å².